The van der Waals surface area contributed by atoms with Gasteiger partial charge < -0.3 is 4.55 Å². The fourth-order valence-electron chi connectivity index (χ4n) is 1.25. The van der Waals surface area contributed by atoms with Crippen LogP contribution in [0.15, 0.2) is 0 Å². The Kier molecular flexibility index (Phi) is 10.3. The molecule has 98 valence electrons. The van der Waals surface area contributed by atoms with Gasteiger partial charge in [0.15, 0.2) is 16.3 Å². The van der Waals surface area contributed by atoms with Gasteiger partial charge in [-0.2, -0.15) is 8.78 Å². The Balaban J connectivity index is 0. The van der Waals surface area contributed by atoms with Crippen LogP contribution in [0, 0.1) is 0 Å². The molecule has 1 unspecified atom stereocenters. The number of alkyl halides is 3. The van der Waals surface area contributed by atoms with Gasteiger partial charge >= 0.3 is 34.8 Å². The monoisotopic (exact) mass is 284 g/mol. The summed E-state index contributed by atoms with van der Waals surface area (Å²) < 4.78 is 68.4. The van der Waals surface area contributed by atoms with Gasteiger partial charge in [-0.3, -0.25) is 0 Å². The number of halogens is 3. The van der Waals surface area contributed by atoms with Crippen LogP contribution in [0.3, 0.4) is 0 Å². The summed E-state index contributed by atoms with van der Waals surface area (Å²) in [6.45, 7) is 1.97. The molecule has 1 atom stereocenters. The summed E-state index contributed by atoms with van der Waals surface area (Å²) in [4.78, 5) is 0. The minimum Gasteiger partial charge on any atom is -0.743 e. The summed E-state index contributed by atoms with van der Waals surface area (Å²) in [5, 5.41) is -4.81. The third-order valence-electron chi connectivity index (χ3n) is 2.26. The summed E-state index contributed by atoms with van der Waals surface area (Å²) in [7, 11) is -5.91. The van der Waals surface area contributed by atoms with Crippen molar-refractivity contribution in [1.29, 1.82) is 0 Å². The maximum absolute atomic E-state index is 12.9. The van der Waals surface area contributed by atoms with Crippen molar-refractivity contribution < 1.29 is 55.7 Å². The Labute approximate surface area is 122 Å². The van der Waals surface area contributed by atoms with Gasteiger partial charge in [-0.1, -0.05) is 39.0 Å². The average Bonchev–Trinajstić information content (AvgIpc) is 2.15. The van der Waals surface area contributed by atoms with Crippen LogP contribution < -0.4 is 29.6 Å². The molecular weight excluding hydrogens is 268 g/mol. The molecule has 0 spiro atoms. The average molecular weight is 284 g/mol. The molecule has 0 rings (SSSR count). The van der Waals surface area contributed by atoms with Gasteiger partial charge in [0.2, 0.25) is 0 Å². The van der Waals surface area contributed by atoms with Gasteiger partial charge in [-0.15, -0.1) is 0 Å². The molecule has 8 heteroatoms. The fraction of sp³-hybridized carbons (Fsp3) is 1.00. The van der Waals surface area contributed by atoms with E-state index in [1.807, 2.05) is 6.92 Å². The summed E-state index contributed by atoms with van der Waals surface area (Å²) in [6, 6.07) is 0. The smallest absolute Gasteiger partial charge is 0.743 e. The molecule has 17 heavy (non-hydrogen) atoms. The van der Waals surface area contributed by atoms with Crippen molar-refractivity contribution in [2.75, 3.05) is 0 Å². The standard InChI is InChI=1S/C9H17F3O3S.Na/c1-2-3-4-5-6-7-8(10)9(11,12)16(13,14)15;/h8H,2-7H2,1H3,(H,13,14,15);/q;+1/p-1. The number of unbranched alkanes of at least 4 members (excludes halogenated alkanes) is 4. The van der Waals surface area contributed by atoms with Crippen LogP contribution in [0.2, 0.25) is 0 Å². The molecule has 0 aromatic heterocycles. The van der Waals surface area contributed by atoms with Crippen molar-refractivity contribution in [3.63, 3.8) is 0 Å². The first-order valence-corrected chi connectivity index (χ1v) is 6.61. The van der Waals surface area contributed by atoms with Crippen molar-refractivity contribution in [2.24, 2.45) is 0 Å². The van der Waals surface area contributed by atoms with E-state index in [2.05, 4.69) is 0 Å². The van der Waals surface area contributed by atoms with Crippen LogP contribution >= 0.6 is 0 Å². The summed E-state index contributed by atoms with van der Waals surface area (Å²) in [5.74, 6) is 0. The minimum atomic E-state index is -5.91. The normalized spacial score (nSPS) is 14.2. The SMILES string of the molecule is CCCCCCCC(F)C(F)(F)S(=O)(=O)[O-].[Na+]. The van der Waals surface area contributed by atoms with Gasteiger partial charge in [0.1, 0.15) is 0 Å². The Morgan fingerprint density at radius 1 is 1.18 bits per heavy atom. The molecule has 0 amide bonds. The molecule has 0 N–H and O–H groups in total. The zero-order valence-electron chi connectivity index (χ0n) is 10.1. The molecule has 0 fully saturated rings. The summed E-state index contributed by atoms with van der Waals surface area (Å²) in [5.41, 5.74) is 0. The Hall–Kier alpha value is 0.700. The first-order chi connectivity index (χ1) is 7.23. The van der Waals surface area contributed by atoms with E-state index in [4.69, 9.17) is 0 Å². The second kappa shape index (κ2) is 8.74. The second-order valence-corrected chi connectivity index (χ2v) is 5.14. The summed E-state index contributed by atoms with van der Waals surface area (Å²) >= 11 is 0. The quantitative estimate of drug-likeness (QED) is 0.353. The topological polar surface area (TPSA) is 57.2 Å². The van der Waals surface area contributed by atoms with Crippen molar-refractivity contribution in [2.45, 2.75) is 56.9 Å². The zero-order chi connectivity index (χ0) is 12.8. The Morgan fingerprint density at radius 3 is 2.06 bits per heavy atom. The molecule has 0 saturated heterocycles. The predicted molar refractivity (Wildman–Crippen MR) is 52.9 cm³/mol. The predicted octanol–water partition coefficient (Wildman–Crippen LogP) is -0.173. The van der Waals surface area contributed by atoms with E-state index in [1.54, 1.807) is 0 Å². The first-order valence-electron chi connectivity index (χ1n) is 5.20. The van der Waals surface area contributed by atoms with Crippen molar-refractivity contribution in [1.82, 2.24) is 0 Å². The first kappa shape index (κ1) is 20.0. The van der Waals surface area contributed by atoms with E-state index in [-0.39, 0.29) is 36.0 Å². The molecule has 0 bridgehead atoms. The minimum absolute atomic E-state index is 0. The van der Waals surface area contributed by atoms with Crippen molar-refractivity contribution in [3.8, 4) is 0 Å². The number of rotatable bonds is 8. The Morgan fingerprint density at radius 2 is 1.65 bits per heavy atom. The molecule has 0 heterocycles. The zero-order valence-corrected chi connectivity index (χ0v) is 12.9. The molecule has 0 aliphatic carbocycles. The van der Waals surface area contributed by atoms with E-state index in [0.29, 0.717) is 6.42 Å². The molecule has 0 aliphatic rings. The molecular formula is C9H16F3NaO3S. The van der Waals surface area contributed by atoms with Crippen molar-refractivity contribution in [3.05, 3.63) is 0 Å². The van der Waals surface area contributed by atoms with E-state index >= 15 is 0 Å². The number of hydrogen-bond donors (Lipinski definition) is 0. The van der Waals surface area contributed by atoms with Crippen molar-refractivity contribution >= 4 is 10.1 Å². The van der Waals surface area contributed by atoms with E-state index in [0.717, 1.165) is 19.3 Å². The third kappa shape index (κ3) is 7.00. The van der Waals surface area contributed by atoms with Gasteiger partial charge in [0, 0.05) is 0 Å². The van der Waals surface area contributed by atoms with E-state index < -0.39 is 28.0 Å². The van der Waals surface area contributed by atoms with E-state index in [9.17, 15) is 26.1 Å². The summed E-state index contributed by atoms with van der Waals surface area (Å²) in [6.07, 6.45) is -0.110. The van der Waals surface area contributed by atoms with Gasteiger partial charge in [-0.05, 0) is 6.42 Å². The molecule has 0 saturated carbocycles. The van der Waals surface area contributed by atoms with Gasteiger partial charge in [-0.25, -0.2) is 12.8 Å². The molecule has 0 aromatic rings. The van der Waals surface area contributed by atoms with Crippen LogP contribution in [0.4, 0.5) is 13.2 Å². The fourth-order valence-corrected chi connectivity index (χ4v) is 1.68. The van der Waals surface area contributed by atoms with Crippen LogP contribution in [-0.2, 0) is 10.1 Å². The third-order valence-corrected chi connectivity index (χ3v) is 3.18. The van der Waals surface area contributed by atoms with Gasteiger partial charge in [0.25, 0.3) is 0 Å². The molecule has 3 nitrogen and oxygen atoms in total. The maximum atomic E-state index is 12.9. The van der Waals surface area contributed by atoms with Crippen LogP contribution in [0.25, 0.3) is 0 Å². The van der Waals surface area contributed by atoms with Crippen LogP contribution in [0.1, 0.15) is 45.4 Å². The largest absolute Gasteiger partial charge is 1.00 e. The molecule has 0 radical (unpaired) electrons. The van der Waals surface area contributed by atoms with Gasteiger partial charge in [0.05, 0.1) is 0 Å². The second-order valence-electron chi connectivity index (χ2n) is 3.69. The maximum Gasteiger partial charge on any atom is 1.00 e. The molecule has 0 aromatic carbocycles. The Bertz CT molecular complexity index is 296. The van der Waals surface area contributed by atoms with Crippen LogP contribution in [0.5, 0.6) is 0 Å². The van der Waals surface area contributed by atoms with Crippen LogP contribution in [-0.4, -0.2) is 24.4 Å². The van der Waals surface area contributed by atoms with E-state index in [1.165, 1.54) is 0 Å². The molecule has 0 aliphatic heterocycles. The number of hydrogen-bond acceptors (Lipinski definition) is 3.